The second-order valence-corrected chi connectivity index (χ2v) is 2.77. The number of aliphatic hydroxyl groups is 2. The molecule has 1 heterocycles. The molecule has 0 radical (unpaired) electrons. The molecular weight excluding hydrogens is 204 g/mol. The third-order valence-corrected chi connectivity index (χ3v) is 1.89. The lowest BCUT2D eigenvalue weighted by atomic mass is 10.1. The number of esters is 1. The highest BCUT2D eigenvalue weighted by Gasteiger charge is 2.29. The summed E-state index contributed by atoms with van der Waals surface area (Å²) >= 11 is 0. The van der Waals surface area contributed by atoms with Crippen molar-refractivity contribution >= 4 is 12.3 Å². The van der Waals surface area contributed by atoms with Crippen molar-refractivity contribution < 1.29 is 29.0 Å². The van der Waals surface area contributed by atoms with Gasteiger partial charge in [0.05, 0.1) is 13.4 Å². The van der Waals surface area contributed by atoms with Crippen molar-refractivity contribution in [1.82, 2.24) is 0 Å². The van der Waals surface area contributed by atoms with E-state index < -0.39 is 18.2 Å². The number of carbonyl (C=O) groups is 2. The molecule has 0 amide bonds. The number of ether oxygens (including phenoxy) is 1. The molecule has 0 spiro atoms. The van der Waals surface area contributed by atoms with Gasteiger partial charge in [-0.3, -0.25) is 4.79 Å². The summed E-state index contributed by atoms with van der Waals surface area (Å²) < 4.78 is 8.94. The molecule has 1 aromatic heterocycles. The Morgan fingerprint density at radius 3 is 2.80 bits per heavy atom. The lowest BCUT2D eigenvalue weighted by molar-refractivity contribution is -0.156. The van der Waals surface area contributed by atoms with Gasteiger partial charge >= 0.3 is 5.97 Å². The summed E-state index contributed by atoms with van der Waals surface area (Å²) in [6.45, 7) is 0. The van der Waals surface area contributed by atoms with Crippen LogP contribution in [-0.2, 0) is 9.53 Å². The molecular formula is C9H10O6. The van der Waals surface area contributed by atoms with E-state index in [-0.39, 0.29) is 11.3 Å². The number of hydrogen-bond donors (Lipinski definition) is 2. The molecule has 15 heavy (non-hydrogen) atoms. The molecule has 1 aromatic rings. The van der Waals surface area contributed by atoms with E-state index in [4.69, 9.17) is 4.42 Å². The number of furan rings is 1. The van der Waals surface area contributed by atoms with Crippen molar-refractivity contribution in [3.05, 3.63) is 23.7 Å². The number of methoxy groups -OCH3 is 1. The van der Waals surface area contributed by atoms with Gasteiger partial charge in [0.2, 0.25) is 0 Å². The van der Waals surface area contributed by atoms with Gasteiger partial charge in [0, 0.05) is 5.56 Å². The average Bonchev–Trinajstić information content (AvgIpc) is 2.73. The van der Waals surface area contributed by atoms with Crippen molar-refractivity contribution in [2.75, 3.05) is 7.11 Å². The third kappa shape index (κ3) is 2.23. The summed E-state index contributed by atoms with van der Waals surface area (Å²) in [4.78, 5) is 21.3. The number of carbonyl (C=O) groups excluding carboxylic acids is 2. The van der Waals surface area contributed by atoms with E-state index in [1.165, 1.54) is 12.3 Å². The minimum atomic E-state index is -1.74. The van der Waals surface area contributed by atoms with E-state index in [0.717, 1.165) is 7.11 Å². The zero-order valence-electron chi connectivity index (χ0n) is 7.91. The lowest BCUT2D eigenvalue weighted by Crippen LogP contribution is -2.29. The molecule has 0 aliphatic carbocycles. The monoisotopic (exact) mass is 214 g/mol. The van der Waals surface area contributed by atoms with Crippen LogP contribution in [0.25, 0.3) is 0 Å². The van der Waals surface area contributed by atoms with E-state index in [2.05, 4.69) is 4.74 Å². The Balaban J connectivity index is 2.88. The SMILES string of the molecule is COC(=O)C(O)C(O)c1ccoc1C=O. The first-order valence-corrected chi connectivity index (χ1v) is 4.08. The quantitative estimate of drug-likeness (QED) is 0.525. The van der Waals surface area contributed by atoms with Crippen molar-refractivity contribution in [2.45, 2.75) is 12.2 Å². The summed E-state index contributed by atoms with van der Waals surface area (Å²) in [7, 11) is 1.08. The molecule has 2 N–H and O–H groups in total. The first kappa shape index (κ1) is 11.4. The summed E-state index contributed by atoms with van der Waals surface area (Å²) in [6.07, 6.45) is -1.74. The predicted octanol–water partition coefficient (Wildman–Crippen LogP) is -0.341. The number of rotatable bonds is 4. The second-order valence-electron chi connectivity index (χ2n) is 2.77. The van der Waals surface area contributed by atoms with Crippen LogP contribution in [0.5, 0.6) is 0 Å². The number of aldehydes is 1. The minimum absolute atomic E-state index is 0.0444. The van der Waals surface area contributed by atoms with Crippen LogP contribution in [0, 0.1) is 0 Å². The standard InChI is InChI=1S/C9H10O6/c1-14-9(13)8(12)7(11)5-2-3-15-6(5)4-10/h2-4,7-8,11-12H,1H3. The molecule has 0 aromatic carbocycles. The van der Waals surface area contributed by atoms with E-state index in [1.807, 2.05) is 0 Å². The smallest absolute Gasteiger partial charge is 0.337 e. The summed E-state index contributed by atoms with van der Waals surface area (Å²) in [5, 5.41) is 18.8. The van der Waals surface area contributed by atoms with Gasteiger partial charge in [-0.2, -0.15) is 0 Å². The summed E-state index contributed by atoms with van der Waals surface area (Å²) in [5.41, 5.74) is 0.0444. The van der Waals surface area contributed by atoms with Crippen LogP contribution in [0.1, 0.15) is 22.2 Å². The first-order chi connectivity index (χ1) is 7.11. The molecule has 0 saturated heterocycles. The van der Waals surface area contributed by atoms with Gasteiger partial charge in [-0.15, -0.1) is 0 Å². The van der Waals surface area contributed by atoms with Crippen LogP contribution in [0.15, 0.2) is 16.7 Å². The van der Waals surface area contributed by atoms with Crippen LogP contribution in [0.4, 0.5) is 0 Å². The molecule has 2 unspecified atom stereocenters. The Bertz CT molecular complexity index is 355. The van der Waals surface area contributed by atoms with Crippen LogP contribution in [-0.4, -0.2) is 35.7 Å². The van der Waals surface area contributed by atoms with Gasteiger partial charge in [-0.25, -0.2) is 4.79 Å². The summed E-state index contributed by atoms with van der Waals surface area (Å²) in [5.74, 6) is -1.12. The lowest BCUT2D eigenvalue weighted by Gasteiger charge is -2.14. The molecule has 0 fully saturated rings. The maximum absolute atomic E-state index is 10.9. The molecule has 0 aliphatic rings. The fraction of sp³-hybridized carbons (Fsp3) is 0.333. The fourth-order valence-electron chi connectivity index (χ4n) is 1.09. The van der Waals surface area contributed by atoms with E-state index in [9.17, 15) is 19.8 Å². The maximum Gasteiger partial charge on any atom is 0.337 e. The Morgan fingerprint density at radius 2 is 2.27 bits per heavy atom. The molecule has 6 nitrogen and oxygen atoms in total. The predicted molar refractivity (Wildman–Crippen MR) is 47.1 cm³/mol. The van der Waals surface area contributed by atoms with Gasteiger partial charge in [0.25, 0.3) is 0 Å². The Hall–Kier alpha value is -1.66. The van der Waals surface area contributed by atoms with Crippen molar-refractivity contribution in [3.63, 3.8) is 0 Å². The zero-order chi connectivity index (χ0) is 11.4. The van der Waals surface area contributed by atoms with Crippen molar-refractivity contribution in [2.24, 2.45) is 0 Å². The molecule has 1 rings (SSSR count). The summed E-state index contributed by atoms with van der Waals surface area (Å²) in [6, 6.07) is 1.29. The normalized spacial score (nSPS) is 14.3. The highest BCUT2D eigenvalue weighted by molar-refractivity contribution is 5.77. The van der Waals surface area contributed by atoms with Gasteiger partial charge < -0.3 is 19.4 Å². The van der Waals surface area contributed by atoms with Gasteiger partial charge in [0.1, 0.15) is 6.10 Å². The van der Waals surface area contributed by atoms with E-state index in [1.54, 1.807) is 0 Å². The molecule has 0 saturated carbocycles. The van der Waals surface area contributed by atoms with Crippen molar-refractivity contribution in [3.8, 4) is 0 Å². The Kier molecular flexibility index (Phi) is 3.59. The third-order valence-electron chi connectivity index (χ3n) is 1.89. The fourth-order valence-corrected chi connectivity index (χ4v) is 1.09. The van der Waals surface area contributed by atoms with Crippen molar-refractivity contribution in [1.29, 1.82) is 0 Å². The van der Waals surface area contributed by atoms with Crippen LogP contribution < -0.4 is 0 Å². The van der Waals surface area contributed by atoms with Gasteiger partial charge in [-0.1, -0.05) is 0 Å². The maximum atomic E-state index is 10.9. The largest absolute Gasteiger partial charge is 0.467 e. The highest BCUT2D eigenvalue weighted by atomic mass is 16.5. The second kappa shape index (κ2) is 4.72. The highest BCUT2D eigenvalue weighted by Crippen LogP contribution is 2.21. The number of aliphatic hydroxyl groups excluding tert-OH is 2. The van der Waals surface area contributed by atoms with Crippen LogP contribution >= 0.6 is 0 Å². The van der Waals surface area contributed by atoms with Crippen LogP contribution in [0.2, 0.25) is 0 Å². The van der Waals surface area contributed by atoms with Crippen LogP contribution in [0.3, 0.4) is 0 Å². The van der Waals surface area contributed by atoms with Gasteiger partial charge in [-0.05, 0) is 6.07 Å². The van der Waals surface area contributed by atoms with Gasteiger partial charge in [0.15, 0.2) is 18.2 Å². The molecule has 6 heteroatoms. The first-order valence-electron chi connectivity index (χ1n) is 4.08. The molecule has 0 aliphatic heterocycles. The minimum Gasteiger partial charge on any atom is -0.467 e. The Labute approximate surface area is 85.1 Å². The molecule has 2 atom stereocenters. The number of hydrogen-bond acceptors (Lipinski definition) is 6. The molecule has 82 valence electrons. The average molecular weight is 214 g/mol. The van der Waals surface area contributed by atoms with E-state index in [0.29, 0.717) is 6.29 Å². The van der Waals surface area contributed by atoms with E-state index >= 15 is 0 Å². The molecule has 0 bridgehead atoms. The Morgan fingerprint density at radius 1 is 1.60 bits per heavy atom. The zero-order valence-corrected chi connectivity index (χ0v) is 7.91. The topological polar surface area (TPSA) is 97.0 Å².